The molecular weight excluding hydrogens is 362 g/mol. The van der Waals surface area contributed by atoms with E-state index < -0.39 is 0 Å². The molecule has 0 saturated heterocycles. The minimum absolute atomic E-state index is 0.116. The number of nitrogens with one attached hydrogen (secondary N) is 2. The highest BCUT2D eigenvalue weighted by Gasteiger charge is 2.33. The minimum atomic E-state index is 0.116. The second-order valence-corrected chi connectivity index (χ2v) is 8.17. The molecule has 0 atom stereocenters. The first-order valence-electron chi connectivity index (χ1n) is 9.23. The van der Waals surface area contributed by atoms with Gasteiger partial charge in [-0.2, -0.15) is 0 Å². The van der Waals surface area contributed by atoms with Crippen LogP contribution >= 0.6 is 23.8 Å². The molecule has 1 aliphatic rings. The molecule has 1 aliphatic carbocycles. The number of benzene rings is 1. The van der Waals surface area contributed by atoms with Gasteiger partial charge in [0.05, 0.1) is 0 Å². The summed E-state index contributed by atoms with van der Waals surface area (Å²) in [5.74, 6) is 0.796. The summed E-state index contributed by atoms with van der Waals surface area (Å²) in [7, 11) is 0. The fraction of sp³-hybridized carbons (Fsp3) is 0.429. The molecule has 0 aliphatic heterocycles. The first-order valence-corrected chi connectivity index (χ1v) is 10.0. The summed E-state index contributed by atoms with van der Waals surface area (Å²) in [6.45, 7) is 4.88. The number of halogens is 1. The first kappa shape index (κ1) is 19.1. The van der Waals surface area contributed by atoms with Gasteiger partial charge in [-0.05, 0) is 74.3 Å². The van der Waals surface area contributed by atoms with Crippen LogP contribution in [0.25, 0.3) is 0 Å². The number of hydrogen-bond acceptors (Lipinski definition) is 2. The Morgan fingerprint density at radius 3 is 2.46 bits per heavy atom. The van der Waals surface area contributed by atoms with Crippen LogP contribution < -0.4 is 10.6 Å². The molecule has 138 valence electrons. The van der Waals surface area contributed by atoms with Crippen LogP contribution in [-0.4, -0.2) is 16.6 Å². The van der Waals surface area contributed by atoms with Crippen LogP contribution in [0.3, 0.4) is 0 Å². The first-order chi connectivity index (χ1) is 12.5. The van der Waals surface area contributed by atoms with E-state index in [4.69, 9.17) is 23.8 Å². The van der Waals surface area contributed by atoms with Crippen molar-refractivity contribution in [3.05, 3.63) is 58.2 Å². The van der Waals surface area contributed by atoms with Crippen LogP contribution in [0.4, 0.5) is 5.82 Å². The third-order valence-corrected chi connectivity index (χ3v) is 5.69. The lowest BCUT2D eigenvalue weighted by Gasteiger charge is -2.38. The molecule has 1 aromatic heterocycles. The molecule has 0 bridgehead atoms. The van der Waals surface area contributed by atoms with Crippen LogP contribution in [0.15, 0.2) is 36.4 Å². The highest BCUT2D eigenvalue weighted by Crippen LogP contribution is 2.39. The van der Waals surface area contributed by atoms with E-state index in [1.165, 1.54) is 43.2 Å². The van der Waals surface area contributed by atoms with E-state index in [2.05, 4.69) is 40.7 Å². The van der Waals surface area contributed by atoms with E-state index in [-0.39, 0.29) is 5.41 Å². The predicted octanol–water partition coefficient (Wildman–Crippen LogP) is 5.54. The average Bonchev–Trinajstić information content (AvgIpc) is 2.60. The average molecular weight is 388 g/mol. The fourth-order valence-corrected chi connectivity index (χ4v) is 4.22. The predicted molar refractivity (Wildman–Crippen MR) is 114 cm³/mol. The van der Waals surface area contributed by atoms with Gasteiger partial charge in [0, 0.05) is 22.7 Å². The van der Waals surface area contributed by atoms with Crippen molar-refractivity contribution in [1.29, 1.82) is 0 Å². The second-order valence-electron chi connectivity index (χ2n) is 7.33. The smallest absolute Gasteiger partial charge is 0.171 e. The van der Waals surface area contributed by atoms with Crippen molar-refractivity contribution in [3.8, 4) is 0 Å². The van der Waals surface area contributed by atoms with E-state index in [9.17, 15) is 0 Å². The summed E-state index contributed by atoms with van der Waals surface area (Å²) < 4.78 is 0. The molecule has 0 radical (unpaired) electrons. The van der Waals surface area contributed by atoms with Gasteiger partial charge in [-0.3, -0.25) is 0 Å². The minimum Gasteiger partial charge on any atom is -0.362 e. The van der Waals surface area contributed by atoms with Crippen molar-refractivity contribution in [3.63, 3.8) is 0 Å². The lowest BCUT2D eigenvalue weighted by Crippen LogP contribution is -2.43. The zero-order valence-electron chi connectivity index (χ0n) is 15.4. The van der Waals surface area contributed by atoms with E-state index in [1.807, 2.05) is 25.1 Å². The summed E-state index contributed by atoms with van der Waals surface area (Å²) in [5, 5.41) is 8.08. The van der Waals surface area contributed by atoms with Crippen LogP contribution in [-0.2, 0) is 5.41 Å². The highest BCUT2D eigenvalue weighted by molar-refractivity contribution is 7.80. The second kappa shape index (κ2) is 8.36. The number of rotatable bonds is 4. The number of aryl methyl sites for hydroxylation is 2. The molecule has 3 nitrogen and oxygen atoms in total. The summed E-state index contributed by atoms with van der Waals surface area (Å²) in [5.41, 5.74) is 3.62. The molecule has 0 unspecified atom stereocenters. The maximum absolute atomic E-state index is 6.09. The van der Waals surface area contributed by atoms with Crippen molar-refractivity contribution >= 4 is 34.7 Å². The standard InChI is InChI=1S/C21H26ClN3S/c1-15-12-16(2)24-19(13-15)25-20(26)23-14-21(10-4-3-5-11-21)17-6-8-18(22)9-7-17/h6-9,12-13H,3-5,10-11,14H2,1-2H3,(H2,23,24,25,26). The van der Waals surface area contributed by atoms with E-state index in [1.54, 1.807) is 0 Å². The maximum Gasteiger partial charge on any atom is 0.171 e. The van der Waals surface area contributed by atoms with E-state index in [0.29, 0.717) is 5.11 Å². The molecular formula is C21H26ClN3S. The van der Waals surface area contributed by atoms with Gasteiger partial charge in [0.25, 0.3) is 0 Å². The Morgan fingerprint density at radius 1 is 1.12 bits per heavy atom. The van der Waals surface area contributed by atoms with Crippen molar-refractivity contribution in [1.82, 2.24) is 10.3 Å². The Labute approximate surface area is 166 Å². The number of thiocarbonyl (C=S) groups is 1. The van der Waals surface area contributed by atoms with Crippen LogP contribution in [0.2, 0.25) is 5.02 Å². The summed E-state index contributed by atoms with van der Waals surface area (Å²) in [6.07, 6.45) is 6.16. The highest BCUT2D eigenvalue weighted by atomic mass is 35.5. The SMILES string of the molecule is Cc1cc(C)nc(NC(=S)NCC2(c3ccc(Cl)cc3)CCCCC2)c1. The Bertz CT molecular complexity index is 747. The maximum atomic E-state index is 6.09. The topological polar surface area (TPSA) is 37.0 Å². The summed E-state index contributed by atoms with van der Waals surface area (Å²) in [6, 6.07) is 12.4. The molecule has 0 spiro atoms. The molecule has 1 heterocycles. The Balaban J connectivity index is 1.69. The molecule has 1 aromatic carbocycles. The molecule has 2 aromatic rings. The van der Waals surface area contributed by atoms with Gasteiger partial charge in [-0.15, -0.1) is 0 Å². The normalized spacial score (nSPS) is 16.1. The molecule has 0 amide bonds. The number of nitrogens with zero attached hydrogens (tertiary/aromatic N) is 1. The molecule has 1 fully saturated rings. The number of pyridine rings is 1. The third kappa shape index (κ3) is 4.74. The van der Waals surface area contributed by atoms with Gasteiger partial charge in [0.2, 0.25) is 0 Å². The van der Waals surface area contributed by atoms with Crippen LogP contribution in [0.1, 0.15) is 48.9 Å². The Kier molecular flexibility index (Phi) is 6.15. The summed E-state index contributed by atoms with van der Waals surface area (Å²) >= 11 is 11.6. The number of hydrogen-bond donors (Lipinski definition) is 2. The van der Waals surface area contributed by atoms with Crippen molar-refractivity contribution in [2.75, 3.05) is 11.9 Å². The zero-order valence-corrected chi connectivity index (χ0v) is 17.0. The van der Waals surface area contributed by atoms with Crippen molar-refractivity contribution in [2.45, 2.75) is 51.4 Å². The molecule has 5 heteroatoms. The molecule has 26 heavy (non-hydrogen) atoms. The number of anilines is 1. The van der Waals surface area contributed by atoms with Gasteiger partial charge in [-0.1, -0.05) is 43.0 Å². The van der Waals surface area contributed by atoms with Crippen molar-refractivity contribution < 1.29 is 0 Å². The number of aromatic nitrogens is 1. The van der Waals surface area contributed by atoms with Crippen LogP contribution in [0.5, 0.6) is 0 Å². The van der Waals surface area contributed by atoms with Gasteiger partial charge >= 0.3 is 0 Å². The van der Waals surface area contributed by atoms with E-state index >= 15 is 0 Å². The van der Waals surface area contributed by atoms with Gasteiger partial charge in [-0.25, -0.2) is 4.98 Å². The quantitative estimate of drug-likeness (QED) is 0.675. The van der Waals surface area contributed by atoms with Gasteiger partial charge in [0.15, 0.2) is 5.11 Å². The summed E-state index contributed by atoms with van der Waals surface area (Å²) in [4.78, 5) is 4.50. The fourth-order valence-electron chi connectivity index (χ4n) is 3.91. The van der Waals surface area contributed by atoms with Crippen molar-refractivity contribution in [2.24, 2.45) is 0 Å². The monoisotopic (exact) mass is 387 g/mol. The molecule has 2 N–H and O–H groups in total. The third-order valence-electron chi connectivity index (χ3n) is 5.19. The molecule has 3 rings (SSSR count). The van der Waals surface area contributed by atoms with Crippen LogP contribution in [0, 0.1) is 13.8 Å². The lowest BCUT2D eigenvalue weighted by molar-refractivity contribution is 0.292. The Morgan fingerprint density at radius 2 is 1.81 bits per heavy atom. The largest absolute Gasteiger partial charge is 0.362 e. The van der Waals surface area contributed by atoms with Gasteiger partial charge in [0.1, 0.15) is 5.82 Å². The van der Waals surface area contributed by atoms with E-state index in [0.717, 1.165) is 23.1 Å². The Hall–Kier alpha value is -1.65. The zero-order chi connectivity index (χ0) is 18.6. The lowest BCUT2D eigenvalue weighted by atomic mass is 9.69. The van der Waals surface area contributed by atoms with Gasteiger partial charge < -0.3 is 10.6 Å². The molecule has 1 saturated carbocycles.